The summed E-state index contributed by atoms with van der Waals surface area (Å²) in [5, 5.41) is 3.47. The summed E-state index contributed by atoms with van der Waals surface area (Å²) in [7, 11) is 0. The maximum atomic E-state index is 13.5. The van der Waals surface area contributed by atoms with Crippen LogP contribution in [0, 0.1) is 5.82 Å². The van der Waals surface area contributed by atoms with Crippen molar-refractivity contribution >= 4 is 0 Å². The number of aryl methyl sites for hydroxylation is 1. The van der Waals surface area contributed by atoms with E-state index in [9.17, 15) is 4.39 Å². The normalized spacial score (nSPS) is 14.8. The minimum Gasteiger partial charge on any atom is -0.331 e. The predicted octanol–water partition coefficient (Wildman–Crippen LogP) is 2.96. The molecule has 1 aliphatic carbocycles. The fourth-order valence-electron chi connectivity index (χ4n) is 2.26. The average molecular weight is 259 g/mol. The van der Waals surface area contributed by atoms with E-state index in [0.29, 0.717) is 6.04 Å². The third kappa shape index (κ3) is 2.68. The van der Waals surface area contributed by atoms with Crippen molar-refractivity contribution in [1.29, 1.82) is 0 Å². The van der Waals surface area contributed by atoms with Gasteiger partial charge in [0, 0.05) is 37.1 Å². The lowest BCUT2D eigenvalue weighted by Crippen LogP contribution is -2.16. The zero-order valence-corrected chi connectivity index (χ0v) is 11.1. The van der Waals surface area contributed by atoms with Crippen LogP contribution in [0.4, 0.5) is 4.39 Å². The topological polar surface area (TPSA) is 29.9 Å². The largest absolute Gasteiger partial charge is 0.331 e. The first kappa shape index (κ1) is 12.4. The highest BCUT2D eigenvalue weighted by atomic mass is 19.1. The first-order chi connectivity index (χ1) is 9.28. The van der Waals surface area contributed by atoms with Crippen LogP contribution in [0.25, 0.3) is 11.4 Å². The highest BCUT2D eigenvalue weighted by Crippen LogP contribution is 2.25. The molecule has 100 valence electrons. The molecular weight excluding hydrogens is 241 g/mol. The number of nitrogens with zero attached hydrogens (tertiary/aromatic N) is 2. The van der Waals surface area contributed by atoms with Crippen LogP contribution in [-0.2, 0) is 13.1 Å². The Bertz CT molecular complexity index is 573. The minimum absolute atomic E-state index is 0.212. The van der Waals surface area contributed by atoms with Gasteiger partial charge in [-0.05, 0) is 37.5 Å². The number of rotatable bonds is 5. The monoisotopic (exact) mass is 259 g/mol. The number of benzene rings is 1. The molecular formula is C15H18FN3. The van der Waals surface area contributed by atoms with E-state index in [-0.39, 0.29) is 5.82 Å². The van der Waals surface area contributed by atoms with Crippen molar-refractivity contribution in [2.45, 2.75) is 38.9 Å². The van der Waals surface area contributed by atoms with Crippen molar-refractivity contribution < 1.29 is 4.39 Å². The van der Waals surface area contributed by atoms with Gasteiger partial charge in [0.25, 0.3) is 0 Å². The molecule has 0 saturated heterocycles. The van der Waals surface area contributed by atoms with Crippen molar-refractivity contribution in [3.8, 4) is 11.4 Å². The van der Waals surface area contributed by atoms with Gasteiger partial charge in [-0.1, -0.05) is 6.07 Å². The second kappa shape index (κ2) is 5.13. The van der Waals surface area contributed by atoms with E-state index in [1.807, 2.05) is 16.8 Å². The molecule has 1 aliphatic rings. The van der Waals surface area contributed by atoms with Crippen LogP contribution in [0.2, 0.25) is 0 Å². The molecule has 2 aromatic rings. The van der Waals surface area contributed by atoms with Crippen LogP contribution >= 0.6 is 0 Å². The van der Waals surface area contributed by atoms with E-state index in [1.54, 1.807) is 12.3 Å². The molecule has 1 heterocycles. The van der Waals surface area contributed by atoms with Gasteiger partial charge in [-0.3, -0.25) is 0 Å². The number of halogens is 1. The summed E-state index contributed by atoms with van der Waals surface area (Å²) in [5.74, 6) is 0.630. The number of aromatic nitrogens is 2. The number of hydrogen-bond acceptors (Lipinski definition) is 2. The van der Waals surface area contributed by atoms with Gasteiger partial charge >= 0.3 is 0 Å². The Morgan fingerprint density at radius 1 is 1.42 bits per heavy atom. The van der Waals surface area contributed by atoms with Gasteiger partial charge in [0.1, 0.15) is 11.6 Å². The van der Waals surface area contributed by atoms with Crippen molar-refractivity contribution in [2.75, 3.05) is 0 Å². The molecule has 0 radical (unpaired) electrons. The molecule has 1 aromatic carbocycles. The lowest BCUT2D eigenvalue weighted by atomic mass is 10.1. The Hall–Kier alpha value is -1.68. The average Bonchev–Trinajstić information content (AvgIpc) is 3.12. The summed E-state index contributed by atoms with van der Waals surface area (Å²) in [6.45, 7) is 3.67. The maximum Gasteiger partial charge on any atom is 0.140 e. The van der Waals surface area contributed by atoms with E-state index in [4.69, 9.17) is 0 Å². The van der Waals surface area contributed by atoms with Gasteiger partial charge in [0.15, 0.2) is 0 Å². The van der Waals surface area contributed by atoms with E-state index in [0.717, 1.165) is 30.0 Å². The fourth-order valence-corrected chi connectivity index (χ4v) is 2.26. The van der Waals surface area contributed by atoms with Crippen LogP contribution in [0.1, 0.15) is 25.3 Å². The molecule has 0 bridgehead atoms. The van der Waals surface area contributed by atoms with Crippen LogP contribution < -0.4 is 5.32 Å². The third-order valence-corrected chi connectivity index (χ3v) is 3.53. The molecule has 1 aromatic heterocycles. The van der Waals surface area contributed by atoms with E-state index in [1.165, 1.54) is 18.9 Å². The van der Waals surface area contributed by atoms with Gasteiger partial charge in [-0.15, -0.1) is 0 Å². The minimum atomic E-state index is -0.212. The highest BCUT2D eigenvalue weighted by molar-refractivity contribution is 5.61. The Balaban J connectivity index is 1.94. The molecule has 1 saturated carbocycles. The highest BCUT2D eigenvalue weighted by Gasteiger charge is 2.21. The molecule has 0 amide bonds. The molecule has 4 heteroatoms. The third-order valence-electron chi connectivity index (χ3n) is 3.53. The summed E-state index contributed by atoms with van der Waals surface area (Å²) in [4.78, 5) is 4.37. The van der Waals surface area contributed by atoms with E-state index < -0.39 is 0 Å². The first-order valence-electron chi connectivity index (χ1n) is 6.81. The lowest BCUT2D eigenvalue weighted by Gasteiger charge is -2.11. The SMILES string of the molecule is CCn1ccnc1-c1cc(F)ccc1CNC1CC1. The number of nitrogens with one attached hydrogen (secondary N) is 1. The van der Waals surface area contributed by atoms with E-state index >= 15 is 0 Å². The van der Waals surface area contributed by atoms with Gasteiger partial charge in [-0.25, -0.2) is 9.37 Å². The number of hydrogen-bond donors (Lipinski definition) is 1. The summed E-state index contributed by atoms with van der Waals surface area (Å²) in [6.07, 6.45) is 6.19. The Kier molecular flexibility index (Phi) is 3.34. The van der Waals surface area contributed by atoms with Gasteiger partial charge in [0.2, 0.25) is 0 Å². The van der Waals surface area contributed by atoms with Crippen LogP contribution in [-0.4, -0.2) is 15.6 Å². The molecule has 3 rings (SSSR count). The zero-order valence-electron chi connectivity index (χ0n) is 11.1. The zero-order chi connectivity index (χ0) is 13.2. The Morgan fingerprint density at radius 3 is 3.00 bits per heavy atom. The fraction of sp³-hybridized carbons (Fsp3) is 0.400. The van der Waals surface area contributed by atoms with E-state index in [2.05, 4.69) is 17.2 Å². The van der Waals surface area contributed by atoms with Gasteiger partial charge in [0.05, 0.1) is 0 Å². The molecule has 0 aliphatic heterocycles. The maximum absolute atomic E-state index is 13.5. The summed E-state index contributed by atoms with van der Waals surface area (Å²) < 4.78 is 15.6. The van der Waals surface area contributed by atoms with Crippen LogP contribution in [0.15, 0.2) is 30.6 Å². The molecule has 0 atom stereocenters. The standard InChI is InChI=1S/C15H18FN3/c1-2-19-8-7-17-15(19)14-9-12(16)4-3-11(14)10-18-13-5-6-13/h3-4,7-9,13,18H,2,5-6,10H2,1H3. The molecule has 0 unspecified atom stereocenters. The van der Waals surface area contributed by atoms with Gasteiger partial charge in [-0.2, -0.15) is 0 Å². The lowest BCUT2D eigenvalue weighted by molar-refractivity contribution is 0.624. The van der Waals surface area contributed by atoms with Gasteiger partial charge < -0.3 is 9.88 Å². The molecule has 0 spiro atoms. The molecule has 19 heavy (non-hydrogen) atoms. The molecule has 1 fully saturated rings. The summed E-state index contributed by atoms with van der Waals surface area (Å²) in [5.41, 5.74) is 1.99. The number of imidazole rings is 1. The summed E-state index contributed by atoms with van der Waals surface area (Å²) >= 11 is 0. The Morgan fingerprint density at radius 2 is 2.26 bits per heavy atom. The molecule has 1 N–H and O–H groups in total. The predicted molar refractivity (Wildman–Crippen MR) is 73.2 cm³/mol. The van der Waals surface area contributed by atoms with Crippen molar-refractivity contribution in [3.05, 3.63) is 42.0 Å². The Labute approximate surface area is 112 Å². The molecule has 3 nitrogen and oxygen atoms in total. The summed E-state index contributed by atoms with van der Waals surface area (Å²) in [6, 6.07) is 5.60. The van der Waals surface area contributed by atoms with Crippen LogP contribution in [0.3, 0.4) is 0 Å². The smallest absolute Gasteiger partial charge is 0.140 e. The second-order valence-corrected chi connectivity index (χ2v) is 4.99. The van der Waals surface area contributed by atoms with Crippen LogP contribution in [0.5, 0.6) is 0 Å². The van der Waals surface area contributed by atoms with Crippen molar-refractivity contribution in [1.82, 2.24) is 14.9 Å². The quantitative estimate of drug-likeness (QED) is 0.894. The first-order valence-corrected chi connectivity index (χ1v) is 6.81. The second-order valence-electron chi connectivity index (χ2n) is 4.99. The van der Waals surface area contributed by atoms with Crippen molar-refractivity contribution in [2.24, 2.45) is 0 Å². The van der Waals surface area contributed by atoms with Crippen molar-refractivity contribution in [3.63, 3.8) is 0 Å².